The molecule has 0 aliphatic carbocycles. The minimum absolute atomic E-state index is 0.0612. The summed E-state index contributed by atoms with van der Waals surface area (Å²) in [4.78, 5) is 24.4. The Bertz CT molecular complexity index is 1100. The first kappa shape index (κ1) is 18.3. The van der Waals surface area contributed by atoms with Crippen LogP contribution >= 0.6 is 0 Å². The predicted molar refractivity (Wildman–Crippen MR) is 93.5 cm³/mol. The number of aryl methyl sites for hydroxylation is 1. The van der Waals surface area contributed by atoms with E-state index in [1.807, 2.05) is 0 Å². The van der Waals surface area contributed by atoms with Crippen LogP contribution < -0.4 is 11.0 Å². The average molecular weight is 374 g/mol. The summed E-state index contributed by atoms with van der Waals surface area (Å²) in [6.45, 7) is 0. The van der Waals surface area contributed by atoms with E-state index in [1.54, 1.807) is 24.3 Å². The Morgan fingerprint density at radius 3 is 2.44 bits per heavy atom. The van der Waals surface area contributed by atoms with Gasteiger partial charge in [0.25, 0.3) is 11.5 Å². The molecule has 0 unspecified atom stereocenters. The van der Waals surface area contributed by atoms with E-state index < -0.39 is 17.6 Å². The van der Waals surface area contributed by atoms with E-state index in [-0.39, 0.29) is 16.8 Å². The largest absolute Gasteiger partial charge is 0.417 e. The van der Waals surface area contributed by atoms with Crippen LogP contribution in [-0.2, 0) is 13.2 Å². The number of alkyl halides is 3. The molecule has 1 amide bonds. The molecule has 3 aromatic rings. The highest BCUT2D eigenvalue weighted by Gasteiger charge is 2.32. The van der Waals surface area contributed by atoms with Gasteiger partial charge in [0, 0.05) is 18.0 Å². The van der Waals surface area contributed by atoms with Crippen molar-refractivity contribution in [1.82, 2.24) is 15.2 Å². The first-order valence-corrected chi connectivity index (χ1v) is 7.74. The van der Waals surface area contributed by atoms with Gasteiger partial charge in [-0.25, -0.2) is 10.1 Å². The summed E-state index contributed by atoms with van der Waals surface area (Å²) in [5.74, 6) is -0.748. The molecule has 0 spiro atoms. The molecule has 3 rings (SSSR count). The van der Waals surface area contributed by atoms with E-state index in [9.17, 15) is 22.8 Å². The van der Waals surface area contributed by atoms with Crippen LogP contribution in [-0.4, -0.2) is 21.9 Å². The summed E-state index contributed by atoms with van der Waals surface area (Å²) in [7, 11) is 1.40. The number of benzene rings is 2. The Hall–Kier alpha value is -3.49. The SMILES string of the molecule is Cn1nc(C(=O)N/N=C/c2ccccc2C(F)(F)F)c2ccccc2c1=O. The van der Waals surface area contributed by atoms with E-state index in [2.05, 4.69) is 15.6 Å². The molecule has 1 heterocycles. The number of nitrogens with one attached hydrogen (secondary N) is 1. The zero-order chi connectivity index (χ0) is 19.6. The number of aromatic nitrogens is 2. The minimum Gasteiger partial charge on any atom is -0.267 e. The lowest BCUT2D eigenvalue weighted by molar-refractivity contribution is -0.137. The molecule has 0 aliphatic rings. The van der Waals surface area contributed by atoms with Gasteiger partial charge >= 0.3 is 6.18 Å². The monoisotopic (exact) mass is 374 g/mol. The quantitative estimate of drug-likeness (QED) is 0.566. The van der Waals surface area contributed by atoms with Gasteiger partial charge in [-0.1, -0.05) is 36.4 Å². The molecule has 27 heavy (non-hydrogen) atoms. The number of carbonyl (C=O) groups is 1. The molecule has 2 aromatic carbocycles. The normalized spacial score (nSPS) is 11.9. The third-order valence-corrected chi connectivity index (χ3v) is 3.81. The molecule has 138 valence electrons. The second-order valence-corrected chi connectivity index (χ2v) is 5.61. The van der Waals surface area contributed by atoms with Gasteiger partial charge in [0.2, 0.25) is 0 Å². The maximum absolute atomic E-state index is 13.0. The Morgan fingerprint density at radius 1 is 1.11 bits per heavy atom. The van der Waals surface area contributed by atoms with Crippen molar-refractivity contribution in [3.05, 3.63) is 75.7 Å². The van der Waals surface area contributed by atoms with Crippen molar-refractivity contribution >= 4 is 22.9 Å². The second kappa shape index (κ2) is 7.02. The van der Waals surface area contributed by atoms with Crippen LogP contribution in [0.4, 0.5) is 13.2 Å². The number of rotatable bonds is 3. The molecule has 0 saturated heterocycles. The molecular weight excluding hydrogens is 361 g/mol. The third-order valence-electron chi connectivity index (χ3n) is 3.81. The van der Waals surface area contributed by atoms with Crippen LogP contribution in [0, 0.1) is 0 Å². The molecule has 0 bridgehead atoms. The molecule has 0 saturated carbocycles. The highest BCUT2D eigenvalue weighted by molar-refractivity contribution is 6.05. The van der Waals surface area contributed by atoms with Gasteiger partial charge in [-0.15, -0.1) is 0 Å². The van der Waals surface area contributed by atoms with Crippen molar-refractivity contribution in [3.63, 3.8) is 0 Å². The molecular formula is C18H13F3N4O2. The number of hydrogen-bond acceptors (Lipinski definition) is 4. The van der Waals surface area contributed by atoms with E-state index in [4.69, 9.17) is 0 Å². The van der Waals surface area contributed by atoms with Crippen LogP contribution in [0.15, 0.2) is 58.4 Å². The molecule has 0 atom stereocenters. The van der Waals surface area contributed by atoms with Gasteiger partial charge in [0.15, 0.2) is 5.69 Å². The number of fused-ring (bicyclic) bond motifs is 1. The van der Waals surface area contributed by atoms with Crippen molar-refractivity contribution in [2.45, 2.75) is 6.18 Å². The predicted octanol–water partition coefficient (Wildman–Crippen LogP) is 2.72. The van der Waals surface area contributed by atoms with Crippen molar-refractivity contribution in [3.8, 4) is 0 Å². The fourth-order valence-corrected chi connectivity index (χ4v) is 2.55. The summed E-state index contributed by atoms with van der Waals surface area (Å²) in [5.41, 5.74) is 0.660. The van der Waals surface area contributed by atoms with Crippen LogP contribution in [0.25, 0.3) is 10.8 Å². The fraction of sp³-hybridized carbons (Fsp3) is 0.111. The van der Waals surface area contributed by atoms with Gasteiger partial charge in [-0.2, -0.15) is 23.4 Å². The molecule has 9 heteroatoms. The van der Waals surface area contributed by atoms with E-state index in [1.165, 1.54) is 25.2 Å². The van der Waals surface area contributed by atoms with Gasteiger partial charge in [-0.05, 0) is 12.1 Å². The summed E-state index contributed by atoms with van der Waals surface area (Å²) in [6.07, 6.45) is -3.63. The zero-order valence-corrected chi connectivity index (χ0v) is 14.0. The van der Waals surface area contributed by atoms with Crippen molar-refractivity contribution < 1.29 is 18.0 Å². The van der Waals surface area contributed by atoms with Gasteiger partial charge in [0.05, 0.1) is 17.2 Å². The molecule has 0 aliphatic heterocycles. The van der Waals surface area contributed by atoms with Crippen LogP contribution in [0.5, 0.6) is 0 Å². The van der Waals surface area contributed by atoms with Gasteiger partial charge < -0.3 is 0 Å². The van der Waals surface area contributed by atoms with Crippen LogP contribution in [0.1, 0.15) is 21.6 Å². The number of halogens is 3. The maximum atomic E-state index is 13.0. The Kier molecular flexibility index (Phi) is 4.76. The highest BCUT2D eigenvalue weighted by atomic mass is 19.4. The molecule has 1 N–H and O–H groups in total. The summed E-state index contributed by atoms with van der Waals surface area (Å²) >= 11 is 0. The standard InChI is InChI=1S/C18H13F3N4O2/c1-25-17(27)13-8-4-3-7-12(13)15(24-25)16(26)23-22-10-11-6-2-5-9-14(11)18(19,20)21/h2-10H,1H3,(H,23,26)/b22-10+. The number of amides is 1. The zero-order valence-electron chi connectivity index (χ0n) is 14.0. The second-order valence-electron chi connectivity index (χ2n) is 5.61. The lowest BCUT2D eigenvalue weighted by Crippen LogP contribution is -2.27. The molecule has 6 nitrogen and oxygen atoms in total. The Balaban J connectivity index is 1.90. The minimum atomic E-state index is -4.54. The molecule has 0 fully saturated rings. The molecule has 1 aromatic heterocycles. The molecule has 0 radical (unpaired) electrons. The highest BCUT2D eigenvalue weighted by Crippen LogP contribution is 2.31. The maximum Gasteiger partial charge on any atom is 0.417 e. The van der Waals surface area contributed by atoms with Crippen molar-refractivity contribution in [1.29, 1.82) is 0 Å². The fourth-order valence-electron chi connectivity index (χ4n) is 2.55. The number of carbonyl (C=O) groups excluding carboxylic acids is 1. The average Bonchev–Trinajstić information content (AvgIpc) is 2.64. The lowest BCUT2D eigenvalue weighted by Gasteiger charge is -2.09. The first-order valence-electron chi connectivity index (χ1n) is 7.74. The summed E-state index contributed by atoms with van der Waals surface area (Å²) in [5, 5.41) is 8.14. The van der Waals surface area contributed by atoms with Gasteiger partial charge in [-0.3, -0.25) is 9.59 Å². The first-order chi connectivity index (χ1) is 12.8. The van der Waals surface area contributed by atoms with E-state index in [0.29, 0.717) is 10.8 Å². The van der Waals surface area contributed by atoms with E-state index in [0.717, 1.165) is 17.0 Å². The Morgan fingerprint density at radius 2 is 1.74 bits per heavy atom. The van der Waals surface area contributed by atoms with Gasteiger partial charge in [0.1, 0.15) is 0 Å². The number of hydrogen-bond donors (Lipinski definition) is 1. The van der Waals surface area contributed by atoms with Crippen molar-refractivity contribution in [2.75, 3.05) is 0 Å². The van der Waals surface area contributed by atoms with E-state index >= 15 is 0 Å². The summed E-state index contributed by atoms with van der Waals surface area (Å²) in [6, 6.07) is 11.3. The topological polar surface area (TPSA) is 76.3 Å². The number of nitrogens with zero attached hydrogens (tertiary/aromatic N) is 3. The lowest BCUT2D eigenvalue weighted by atomic mass is 10.1. The number of hydrazone groups is 1. The third kappa shape index (κ3) is 3.71. The van der Waals surface area contributed by atoms with Crippen LogP contribution in [0.3, 0.4) is 0 Å². The van der Waals surface area contributed by atoms with Crippen molar-refractivity contribution in [2.24, 2.45) is 12.1 Å². The van der Waals surface area contributed by atoms with Crippen LogP contribution in [0.2, 0.25) is 0 Å². The Labute approximate surface area is 150 Å². The smallest absolute Gasteiger partial charge is 0.267 e. The summed E-state index contributed by atoms with van der Waals surface area (Å²) < 4.78 is 39.9.